The summed E-state index contributed by atoms with van der Waals surface area (Å²) in [6.07, 6.45) is -0.804. The zero-order valence-corrected chi connectivity index (χ0v) is 18.3. The van der Waals surface area contributed by atoms with Crippen LogP contribution in [0, 0.1) is 6.92 Å². The van der Waals surface area contributed by atoms with Crippen LogP contribution in [0.2, 0.25) is 5.02 Å². The Morgan fingerprint density at radius 2 is 1.97 bits per heavy atom. The third-order valence-corrected chi connectivity index (χ3v) is 5.95. The Morgan fingerprint density at radius 1 is 1.19 bits per heavy atom. The second kappa shape index (κ2) is 9.58. The highest BCUT2D eigenvalue weighted by Crippen LogP contribution is 2.29. The molecule has 2 N–H and O–H groups in total. The average molecular weight is 443 g/mol. The number of anilines is 2. The fraction of sp³-hybridized carbons (Fsp3) is 0.391. The van der Waals surface area contributed by atoms with Gasteiger partial charge in [-0.15, -0.1) is 0 Å². The van der Waals surface area contributed by atoms with Gasteiger partial charge in [0.2, 0.25) is 5.91 Å². The van der Waals surface area contributed by atoms with E-state index in [1.54, 1.807) is 12.1 Å². The lowest BCUT2D eigenvalue weighted by Gasteiger charge is -2.37. The summed E-state index contributed by atoms with van der Waals surface area (Å²) in [6, 6.07) is 13.2. The molecule has 0 radical (unpaired) electrons. The van der Waals surface area contributed by atoms with E-state index in [-0.39, 0.29) is 18.2 Å². The van der Waals surface area contributed by atoms with Gasteiger partial charge in [0.15, 0.2) is 6.10 Å². The van der Waals surface area contributed by atoms with Crippen LogP contribution in [0.1, 0.15) is 12.0 Å². The molecule has 0 aliphatic carbocycles. The zero-order valence-electron chi connectivity index (χ0n) is 17.6. The van der Waals surface area contributed by atoms with Crippen molar-refractivity contribution in [3.05, 3.63) is 53.1 Å². The maximum absolute atomic E-state index is 12.3. The molecule has 0 unspecified atom stereocenters. The number of rotatable bonds is 6. The van der Waals surface area contributed by atoms with E-state index in [1.807, 2.05) is 24.3 Å². The average Bonchev–Trinajstić information content (AvgIpc) is 2.76. The van der Waals surface area contributed by atoms with E-state index in [0.717, 1.165) is 37.7 Å². The van der Waals surface area contributed by atoms with E-state index in [4.69, 9.17) is 16.3 Å². The molecule has 8 heteroatoms. The number of hydrogen-bond donors (Lipinski definition) is 2. The molecule has 0 bridgehead atoms. The number of carbonyl (C=O) groups is 2. The summed E-state index contributed by atoms with van der Waals surface area (Å²) in [5, 5.41) is 6.45. The van der Waals surface area contributed by atoms with Crippen LogP contribution in [0.3, 0.4) is 0 Å². The first kappa shape index (κ1) is 21.5. The van der Waals surface area contributed by atoms with E-state index in [9.17, 15) is 9.59 Å². The molecule has 164 valence electrons. The molecule has 2 heterocycles. The Kier molecular flexibility index (Phi) is 6.63. The number of ether oxygens (including phenoxy) is 1. The maximum Gasteiger partial charge on any atom is 0.266 e. The molecular weight excluding hydrogens is 416 g/mol. The SMILES string of the molecule is Cc1ccc(Cl)cc1N1CCN(CCNC(=O)C[C@@H]2Oc3ccccc3NC2=O)CC1. The first-order valence-corrected chi connectivity index (χ1v) is 10.9. The van der Waals surface area contributed by atoms with Crippen LogP contribution < -0.4 is 20.3 Å². The van der Waals surface area contributed by atoms with E-state index < -0.39 is 6.10 Å². The lowest BCUT2D eigenvalue weighted by Crippen LogP contribution is -2.49. The summed E-state index contributed by atoms with van der Waals surface area (Å²) in [5.74, 6) is 0.113. The molecule has 4 rings (SSSR count). The molecule has 0 spiro atoms. The summed E-state index contributed by atoms with van der Waals surface area (Å²) < 4.78 is 5.68. The number of nitrogens with zero attached hydrogens (tertiary/aromatic N) is 2. The number of halogens is 1. The number of hydrogen-bond acceptors (Lipinski definition) is 5. The number of fused-ring (bicyclic) bond motifs is 1. The lowest BCUT2D eigenvalue weighted by atomic mass is 10.1. The Bertz CT molecular complexity index is 960. The lowest BCUT2D eigenvalue weighted by molar-refractivity contribution is -0.130. The highest BCUT2D eigenvalue weighted by Gasteiger charge is 2.29. The number of piperazine rings is 1. The van der Waals surface area contributed by atoms with Gasteiger partial charge in [0.05, 0.1) is 12.1 Å². The molecule has 2 aliphatic heterocycles. The van der Waals surface area contributed by atoms with Gasteiger partial charge in [-0.3, -0.25) is 14.5 Å². The van der Waals surface area contributed by atoms with Crippen LogP contribution in [0.4, 0.5) is 11.4 Å². The molecule has 2 aromatic rings. The van der Waals surface area contributed by atoms with Gasteiger partial charge >= 0.3 is 0 Å². The predicted molar refractivity (Wildman–Crippen MR) is 122 cm³/mol. The predicted octanol–water partition coefficient (Wildman–Crippen LogP) is 2.68. The van der Waals surface area contributed by atoms with Gasteiger partial charge in [0, 0.05) is 50.0 Å². The van der Waals surface area contributed by atoms with Crippen LogP contribution in [-0.4, -0.2) is 62.1 Å². The minimum Gasteiger partial charge on any atom is -0.478 e. The van der Waals surface area contributed by atoms with Gasteiger partial charge in [-0.2, -0.15) is 0 Å². The molecule has 1 saturated heterocycles. The van der Waals surface area contributed by atoms with Gasteiger partial charge in [-0.25, -0.2) is 0 Å². The zero-order chi connectivity index (χ0) is 21.8. The summed E-state index contributed by atoms with van der Waals surface area (Å²) >= 11 is 6.16. The Labute approximate surface area is 187 Å². The summed E-state index contributed by atoms with van der Waals surface area (Å²) in [6.45, 7) is 7.10. The standard InChI is InChI=1S/C23H27ClN4O3/c1-16-6-7-17(24)14-19(16)28-12-10-27(11-13-28)9-8-25-22(29)15-21-23(30)26-18-4-2-3-5-20(18)31-21/h2-7,14,21H,8-13,15H2,1H3,(H,25,29)(H,26,30)/t21-/m0/s1. The van der Waals surface area contributed by atoms with E-state index in [2.05, 4.69) is 33.4 Å². The number of nitrogens with one attached hydrogen (secondary N) is 2. The number of benzene rings is 2. The number of amides is 2. The second-order valence-electron chi connectivity index (χ2n) is 7.91. The molecule has 7 nitrogen and oxygen atoms in total. The minimum atomic E-state index is -0.806. The largest absolute Gasteiger partial charge is 0.478 e. The van der Waals surface area contributed by atoms with Crippen LogP contribution in [0.15, 0.2) is 42.5 Å². The fourth-order valence-corrected chi connectivity index (χ4v) is 4.12. The van der Waals surface area contributed by atoms with E-state index in [1.165, 1.54) is 11.3 Å². The Balaban J connectivity index is 1.19. The number of aryl methyl sites for hydroxylation is 1. The molecule has 1 fully saturated rings. The molecule has 2 amide bonds. The summed E-state index contributed by atoms with van der Waals surface area (Å²) in [7, 11) is 0. The van der Waals surface area contributed by atoms with Crippen LogP contribution >= 0.6 is 11.6 Å². The Hall–Kier alpha value is -2.77. The first-order valence-electron chi connectivity index (χ1n) is 10.6. The second-order valence-corrected chi connectivity index (χ2v) is 8.34. The first-order chi connectivity index (χ1) is 15.0. The van der Waals surface area contributed by atoms with Crippen molar-refractivity contribution in [3.63, 3.8) is 0 Å². The van der Waals surface area contributed by atoms with Crippen LogP contribution in [0.25, 0.3) is 0 Å². The molecule has 2 aliphatic rings. The maximum atomic E-state index is 12.3. The van der Waals surface area contributed by atoms with Crippen molar-refractivity contribution in [2.75, 3.05) is 49.5 Å². The number of para-hydroxylation sites is 2. The fourth-order valence-electron chi connectivity index (χ4n) is 3.96. The molecule has 2 aromatic carbocycles. The van der Waals surface area contributed by atoms with Crippen molar-refractivity contribution in [2.24, 2.45) is 0 Å². The highest BCUT2D eigenvalue weighted by atomic mass is 35.5. The molecule has 31 heavy (non-hydrogen) atoms. The molecule has 1 atom stereocenters. The normalized spacial score (nSPS) is 18.7. The summed E-state index contributed by atoms with van der Waals surface area (Å²) in [5.41, 5.74) is 3.05. The Morgan fingerprint density at radius 3 is 2.77 bits per heavy atom. The van der Waals surface area contributed by atoms with Gasteiger partial charge in [0.1, 0.15) is 5.75 Å². The van der Waals surface area contributed by atoms with E-state index >= 15 is 0 Å². The van der Waals surface area contributed by atoms with Gasteiger partial charge in [-0.1, -0.05) is 29.8 Å². The quantitative estimate of drug-likeness (QED) is 0.719. The third-order valence-electron chi connectivity index (χ3n) is 5.71. The third kappa shape index (κ3) is 5.29. The number of carbonyl (C=O) groups excluding carboxylic acids is 2. The minimum absolute atomic E-state index is 0.00197. The van der Waals surface area contributed by atoms with E-state index in [0.29, 0.717) is 18.0 Å². The molecular formula is C23H27ClN4O3. The van der Waals surface area contributed by atoms with Gasteiger partial charge in [0.25, 0.3) is 5.91 Å². The van der Waals surface area contributed by atoms with Gasteiger partial charge < -0.3 is 20.3 Å². The van der Waals surface area contributed by atoms with Crippen LogP contribution in [0.5, 0.6) is 5.75 Å². The monoisotopic (exact) mass is 442 g/mol. The van der Waals surface area contributed by atoms with Crippen molar-refractivity contribution in [2.45, 2.75) is 19.4 Å². The van der Waals surface area contributed by atoms with Crippen molar-refractivity contribution in [1.29, 1.82) is 0 Å². The highest BCUT2D eigenvalue weighted by molar-refractivity contribution is 6.30. The smallest absolute Gasteiger partial charge is 0.266 e. The molecule has 0 aromatic heterocycles. The molecule has 0 saturated carbocycles. The van der Waals surface area contributed by atoms with Crippen molar-refractivity contribution in [1.82, 2.24) is 10.2 Å². The van der Waals surface area contributed by atoms with Crippen molar-refractivity contribution < 1.29 is 14.3 Å². The topological polar surface area (TPSA) is 73.9 Å². The van der Waals surface area contributed by atoms with Crippen molar-refractivity contribution in [3.8, 4) is 5.75 Å². The van der Waals surface area contributed by atoms with Crippen LogP contribution in [-0.2, 0) is 9.59 Å². The summed E-state index contributed by atoms with van der Waals surface area (Å²) in [4.78, 5) is 29.2. The van der Waals surface area contributed by atoms with Gasteiger partial charge in [-0.05, 0) is 36.8 Å². The van der Waals surface area contributed by atoms with Crippen molar-refractivity contribution >= 4 is 34.8 Å².